The van der Waals surface area contributed by atoms with Crippen LogP contribution in [-0.2, 0) is 16.0 Å². The molecule has 1 fully saturated rings. The number of hydrogen-bond acceptors (Lipinski definition) is 5. The fourth-order valence-electron chi connectivity index (χ4n) is 4.64. The molecule has 2 aromatic carbocycles. The monoisotopic (exact) mass is 463 g/mol. The van der Waals surface area contributed by atoms with E-state index in [1.807, 2.05) is 6.07 Å². The molecule has 7 nitrogen and oxygen atoms in total. The van der Waals surface area contributed by atoms with Crippen molar-refractivity contribution in [3.63, 3.8) is 0 Å². The van der Waals surface area contributed by atoms with Crippen molar-refractivity contribution in [2.75, 3.05) is 13.1 Å². The smallest absolute Gasteiger partial charge is 0.340 e. The molecule has 1 atom stereocenters. The van der Waals surface area contributed by atoms with Gasteiger partial charge in [0.05, 0.1) is 24.2 Å². The van der Waals surface area contributed by atoms with Crippen LogP contribution in [0.15, 0.2) is 56.3 Å². The molecule has 0 bridgehead atoms. The number of carbonyl (C=O) groups excluding carboxylic acids is 1. The van der Waals surface area contributed by atoms with Crippen LogP contribution in [0, 0.1) is 18.7 Å². The van der Waals surface area contributed by atoms with Crippen LogP contribution in [0.3, 0.4) is 0 Å². The van der Waals surface area contributed by atoms with E-state index in [0.717, 1.165) is 16.5 Å². The lowest BCUT2D eigenvalue weighted by Gasteiger charge is -2.30. The molecule has 0 unspecified atom stereocenters. The van der Waals surface area contributed by atoms with Crippen LogP contribution in [0.2, 0.25) is 0 Å². The molecular weight excluding hydrogens is 441 g/mol. The second kappa shape index (κ2) is 8.44. The number of benzene rings is 2. The van der Waals surface area contributed by atoms with Crippen molar-refractivity contribution < 1.29 is 27.9 Å². The Kier molecular flexibility index (Phi) is 5.43. The van der Waals surface area contributed by atoms with E-state index >= 15 is 0 Å². The number of hydrogen-bond donors (Lipinski definition) is 1. The van der Waals surface area contributed by atoms with Gasteiger partial charge in [-0.3, -0.25) is 9.59 Å². The first kappa shape index (κ1) is 21.9. The molecule has 0 spiro atoms. The fourth-order valence-corrected chi connectivity index (χ4v) is 4.64. The van der Waals surface area contributed by atoms with Crippen molar-refractivity contribution in [3.05, 3.63) is 70.0 Å². The highest BCUT2D eigenvalue weighted by molar-refractivity contribution is 6.02. The summed E-state index contributed by atoms with van der Waals surface area (Å²) in [6, 6.07) is 9.56. The van der Waals surface area contributed by atoms with Crippen molar-refractivity contribution in [2.24, 2.45) is 5.92 Å². The van der Waals surface area contributed by atoms with Crippen LogP contribution in [0.4, 0.5) is 4.39 Å². The van der Waals surface area contributed by atoms with Crippen molar-refractivity contribution in [2.45, 2.75) is 26.2 Å². The molecule has 8 heteroatoms. The number of nitrogens with zero attached hydrogens (tertiary/aromatic N) is 1. The zero-order valence-corrected chi connectivity index (χ0v) is 18.5. The van der Waals surface area contributed by atoms with E-state index in [2.05, 4.69) is 0 Å². The summed E-state index contributed by atoms with van der Waals surface area (Å²) in [5.41, 5.74) is 2.69. The van der Waals surface area contributed by atoms with E-state index in [9.17, 15) is 23.9 Å². The van der Waals surface area contributed by atoms with Crippen molar-refractivity contribution in [1.82, 2.24) is 4.90 Å². The van der Waals surface area contributed by atoms with E-state index in [4.69, 9.17) is 8.83 Å². The number of likely N-dealkylation sites (tertiary alicyclic amines) is 1. The van der Waals surface area contributed by atoms with E-state index in [1.54, 1.807) is 31.4 Å². The summed E-state index contributed by atoms with van der Waals surface area (Å²) in [6.45, 7) is 2.38. The minimum Gasteiger partial charge on any atom is -0.481 e. The van der Waals surface area contributed by atoms with Gasteiger partial charge in [0.25, 0.3) is 0 Å². The SMILES string of the molecule is Cc1c(CC(=O)N2CCC[C@@H](C(=O)O)C2)c(=O)oc2cc3occ(-c4ccc(F)cc4)c3cc12. The molecule has 1 amide bonds. The number of carboxylic acid groups (broad SMARTS) is 1. The molecule has 0 saturated carbocycles. The van der Waals surface area contributed by atoms with Gasteiger partial charge < -0.3 is 18.8 Å². The van der Waals surface area contributed by atoms with Crippen LogP contribution >= 0.6 is 0 Å². The molecule has 0 radical (unpaired) electrons. The molecule has 3 heterocycles. The fraction of sp³-hybridized carbons (Fsp3) is 0.269. The third-order valence-electron chi connectivity index (χ3n) is 6.59. The number of carboxylic acids is 1. The van der Waals surface area contributed by atoms with Gasteiger partial charge in [0.2, 0.25) is 5.91 Å². The Morgan fingerprint density at radius 1 is 1.15 bits per heavy atom. The molecule has 1 saturated heterocycles. The lowest BCUT2D eigenvalue weighted by molar-refractivity contribution is -0.145. The quantitative estimate of drug-likeness (QED) is 0.447. The topological polar surface area (TPSA) is 101 Å². The molecule has 4 aromatic rings. The van der Waals surface area contributed by atoms with Crippen molar-refractivity contribution in [1.29, 1.82) is 0 Å². The molecule has 1 aliphatic heterocycles. The van der Waals surface area contributed by atoms with Gasteiger partial charge in [0.1, 0.15) is 17.0 Å². The Bertz CT molecular complexity index is 1480. The van der Waals surface area contributed by atoms with Gasteiger partial charge in [-0.15, -0.1) is 0 Å². The first-order chi connectivity index (χ1) is 16.3. The summed E-state index contributed by atoms with van der Waals surface area (Å²) in [7, 11) is 0. The average molecular weight is 463 g/mol. The molecule has 2 aromatic heterocycles. The second-order valence-electron chi connectivity index (χ2n) is 8.69. The molecule has 174 valence electrons. The first-order valence-corrected chi connectivity index (χ1v) is 11.1. The number of aliphatic carboxylic acids is 1. The van der Waals surface area contributed by atoms with Gasteiger partial charge in [0.15, 0.2) is 0 Å². The Balaban J connectivity index is 1.53. The normalized spacial score (nSPS) is 16.3. The maximum atomic E-state index is 13.4. The molecule has 5 rings (SSSR count). The largest absolute Gasteiger partial charge is 0.481 e. The zero-order chi connectivity index (χ0) is 24.0. The second-order valence-corrected chi connectivity index (χ2v) is 8.69. The summed E-state index contributed by atoms with van der Waals surface area (Å²) in [6.07, 6.45) is 2.56. The minimum absolute atomic E-state index is 0.142. The van der Waals surface area contributed by atoms with Crippen LogP contribution < -0.4 is 5.63 Å². The highest BCUT2D eigenvalue weighted by atomic mass is 19.1. The minimum atomic E-state index is -0.917. The number of amides is 1. The predicted molar refractivity (Wildman–Crippen MR) is 123 cm³/mol. The number of rotatable bonds is 4. The maximum absolute atomic E-state index is 13.4. The van der Waals surface area contributed by atoms with E-state index < -0.39 is 17.5 Å². The lowest BCUT2D eigenvalue weighted by Crippen LogP contribution is -2.43. The number of aryl methyl sites for hydroxylation is 1. The molecule has 1 N–H and O–H groups in total. The number of carbonyl (C=O) groups is 2. The van der Waals surface area contributed by atoms with Gasteiger partial charge >= 0.3 is 11.6 Å². The molecule has 34 heavy (non-hydrogen) atoms. The standard InChI is InChI=1S/C26H22FNO6/c1-14-18-9-20-21(15-4-6-17(27)7-5-15)13-33-22(20)11-23(18)34-26(32)19(14)10-24(29)28-8-2-3-16(12-28)25(30)31/h4-7,9,11,13,16H,2-3,8,10,12H2,1H3,(H,30,31)/t16-/m1/s1. The highest BCUT2D eigenvalue weighted by Gasteiger charge is 2.29. The van der Waals surface area contributed by atoms with Gasteiger partial charge in [-0.05, 0) is 49.1 Å². The van der Waals surface area contributed by atoms with Crippen LogP contribution in [0.5, 0.6) is 0 Å². The van der Waals surface area contributed by atoms with Crippen molar-refractivity contribution in [3.8, 4) is 11.1 Å². The third kappa shape index (κ3) is 3.85. The van der Waals surface area contributed by atoms with Crippen LogP contribution in [0.1, 0.15) is 24.0 Å². The van der Waals surface area contributed by atoms with E-state index in [1.165, 1.54) is 17.0 Å². The summed E-state index contributed by atoms with van der Waals surface area (Å²) in [5, 5.41) is 10.7. The van der Waals surface area contributed by atoms with Crippen LogP contribution in [-0.4, -0.2) is 35.0 Å². The summed E-state index contributed by atoms with van der Waals surface area (Å²) in [5.74, 6) is -2.14. The number of halogens is 1. The van der Waals surface area contributed by atoms with E-state index in [0.29, 0.717) is 41.5 Å². The van der Waals surface area contributed by atoms with E-state index in [-0.39, 0.29) is 30.3 Å². The highest BCUT2D eigenvalue weighted by Crippen LogP contribution is 2.34. The summed E-state index contributed by atoms with van der Waals surface area (Å²) < 4.78 is 24.6. The summed E-state index contributed by atoms with van der Waals surface area (Å²) >= 11 is 0. The maximum Gasteiger partial charge on any atom is 0.340 e. The number of piperidine rings is 1. The zero-order valence-electron chi connectivity index (χ0n) is 18.5. The first-order valence-electron chi connectivity index (χ1n) is 11.1. The predicted octanol–water partition coefficient (Wildman–Crippen LogP) is 4.52. The molecule has 0 aliphatic carbocycles. The average Bonchev–Trinajstić information content (AvgIpc) is 3.24. The van der Waals surface area contributed by atoms with Gasteiger partial charge in [0, 0.05) is 35.5 Å². The van der Waals surface area contributed by atoms with Gasteiger partial charge in [-0.1, -0.05) is 12.1 Å². The van der Waals surface area contributed by atoms with Gasteiger partial charge in [-0.25, -0.2) is 9.18 Å². The Labute approximate surface area is 193 Å². The van der Waals surface area contributed by atoms with Crippen LogP contribution in [0.25, 0.3) is 33.1 Å². The Hall–Kier alpha value is -3.94. The van der Waals surface area contributed by atoms with Gasteiger partial charge in [-0.2, -0.15) is 0 Å². The number of fused-ring (bicyclic) bond motifs is 2. The molecular formula is C26H22FNO6. The Morgan fingerprint density at radius 2 is 1.91 bits per heavy atom. The number of furan rings is 1. The third-order valence-corrected chi connectivity index (χ3v) is 6.59. The summed E-state index contributed by atoms with van der Waals surface area (Å²) in [4.78, 5) is 38.5. The van der Waals surface area contributed by atoms with Crippen molar-refractivity contribution >= 4 is 33.8 Å². The molecule has 1 aliphatic rings. The Morgan fingerprint density at radius 3 is 2.65 bits per heavy atom. The lowest BCUT2D eigenvalue weighted by atomic mass is 9.96.